The van der Waals surface area contributed by atoms with Gasteiger partial charge in [0, 0.05) is 0 Å². The van der Waals surface area contributed by atoms with Crippen LogP contribution in [-0.2, 0) is 16.1 Å². The molecule has 10 heteroatoms. The fraction of sp³-hybridized carbons (Fsp3) is 0.278. The van der Waals surface area contributed by atoms with Crippen LogP contribution in [0.3, 0.4) is 0 Å². The fourth-order valence-corrected chi connectivity index (χ4v) is 3.51. The van der Waals surface area contributed by atoms with Crippen LogP contribution < -0.4 is 10.9 Å². The third-order valence-corrected chi connectivity index (χ3v) is 4.97. The number of carbonyl (C=O) groups is 2. The van der Waals surface area contributed by atoms with Gasteiger partial charge in [-0.15, -0.1) is 0 Å². The number of hydrogen-bond acceptors (Lipinski definition) is 7. The molecule has 1 aromatic carbocycles. The molecule has 146 valence electrons. The Labute approximate surface area is 163 Å². The molecule has 0 saturated carbocycles. The maximum absolute atomic E-state index is 13.5. The van der Waals surface area contributed by atoms with E-state index in [0.29, 0.717) is 21.9 Å². The van der Waals surface area contributed by atoms with E-state index in [4.69, 9.17) is 4.74 Å². The summed E-state index contributed by atoms with van der Waals surface area (Å²) in [6.07, 6.45) is 0. The molecule has 3 rings (SSSR count). The van der Waals surface area contributed by atoms with E-state index in [9.17, 15) is 18.8 Å². The molecule has 1 amide bonds. The molecule has 0 saturated heterocycles. The molecule has 0 bridgehead atoms. The number of esters is 1. The average molecular weight is 404 g/mol. The van der Waals surface area contributed by atoms with Gasteiger partial charge in [0.05, 0.1) is 23.2 Å². The smallest absolute Gasteiger partial charge is 0.350 e. The number of amides is 1. The number of ether oxygens (including phenoxy) is 1. The van der Waals surface area contributed by atoms with Crippen LogP contribution in [0, 0.1) is 19.7 Å². The van der Waals surface area contributed by atoms with E-state index in [1.807, 2.05) is 0 Å². The second-order valence-corrected chi connectivity index (χ2v) is 6.91. The first-order valence-electron chi connectivity index (χ1n) is 8.41. The van der Waals surface area contributed by atoms with Crippen LogP contribution >= 0.6 is 11.3 Å². The van der Waals surface area contributed by atoms with Crippen molar-refractivity contribution >= 4 is 39.2 Å². The van der Waals surface area contributed by atoms with E-state index in [2.05, 4.69) is 15.3 Å². The van der Waals surface area contributed by atoms with Crippen molar-refractivity contribution in [2.24, 2.45) is 0 Å². The van der Waals surface area contributed by atoms with Gasteiger partial charge >= 0.3 is 5.97 Å². The zero-order valence-electron chi connectivity index (χ0n) is 15.4. The number of anilines is 1. The van der Waals surface area contributed by atoms with Crippen molar-refractivity contribution in [2.45, 2.75) is 27.3 Å². The number of thiazole rings is 1. The number of aromatic nitrogens is 3. The van der Waals surface area contributed by atoms with Gasteiger partial charge in [0.25, 0.3) is 5.56 Å². The molecule has 0 aliphatic heterocycles. The first-order chi connectivity index (χ1) is 13.3. The minimum atomic E-state index is -0.559. The molecule has 0 fully saturated rings. The lowest BCUT2D eigenvalue weighted by molar-refractivity contribution is -0.116. The van der Waals surface area contributed by atoms with E-state index >= 15 is 0 Å². The Morgan fingerprint density at radius 2 is 2.04 bits per heavy atom. The molecule has 0 aliphatic rings. The van der Waals surface area contributed by atoms with Crippen molar-refractivity contribution in [2.75, 3.05) is 11.9 Å². The molecule has 0 unspecified atom stereocenters. The van der Waals surface area contributed by atoms with Gasteiger partial charge in [-0.05, 0) is 39.0 Å². The van der Waals surface area contributed by atoms with Gasteiger partial charge in [-0.3, -0.25) is 14.2 Å². The van der Waals surface area contributed by atoms with E-state index in [0.717, 1.165) is 22.0 Å². The topological polar surface area (TPSA) is 103 Å². The summed E-state index contributed by atoms with van der Waals surface area (Å²) in [5.41, 5.74) is 0.282. The van der Waals surface area contributed by atoms with Crippen molar-refractivity contribution in [3.05, 3.63) is 50.8 Å². The van der Waals surface area contributed by atoms with E-state index < -0.39 is 23.3 Å². The standard InChI is InChI=1S/C18H17FN4O4S/c1-4-27-17(26)15-9(2)20-18(28-15)22-14(24)8-23-10(3)21-13-6-5-11(19)7-12(13)16(23)25/h5-7H,4,8H2,1-3H3,(H,20,22,24). The van der Waals surface area contributed by atoms with E-state index in [1.165, 1.54) is 12.1 Å². The summed E-state index contributed by atoms with van der Waals surface area (Å²) in [6, 6.07) is 3.73. The fourth-order valence-electron chi connectivity index (χ4n) is 2.63. The number of carbonyl (C=O) groups excluding carboxylic acids is 2. The molecule has 8 nitrogen and oxygen atoms in total. The van der Waals surface area contributed by atoms with Crippen LogP contribution in [0.2, 0.25) is 0 Å². The lowest BCUT2D eigenvalue weighted by Gasteiger charge is -2.10. The summed E-state index contributed by atoms with van der Waals surface area (Å²) in [5.74, 6) is -1.27. The summed E-state index contributed by atoms with van der Waals surface area (Å²) >= 11 is 0.989. The van der Waals surface area contributed by atoms with Crippen molar-refractivity contribution in [1.82, 2.24) is 14.5 Å². The Bertz CT molecular complexity index is 1140. The highest BCUT2D eigenvalue weighted by atomic mass is 32.1. The summed E-state index contributed by atoms with van der Waals surface area (Å²) < 4.78 is 19.6. The highest BCUT2D eigenvalue weighted by Gasteiger charge is 2.18. The van der Waals surface area contributed by atoms with Gasteiger partial charge < -0.3 is 10.1 Å². The summed E-state index contributed by atoms with van der Waals surface area (Å²) in [6.45, 7) is 4.83. The SMILES string of the molecule is CCOC(=O)c1sc(NC(=O)Cn2c(C)nc3ccc(F)cc3c2=O)nc1C. The van der Waals surface area contributed by atoms with Crippen molar-refractivity contribution < 1.29 is 18.7 Å². The zero-order valence-corrected chi connectivity index (χ0v) is 16.2. The van der Waals surface area contributed by atoms with E-state index in [1.54, 1.807) is 20.8 Å². The van der Waals surface area contributed by atoms with Crippen LogP contribution in [-0.4, -0.2) is 33.0 Å². The summed E-state index contributed by atoms with van der Waals surface area (Å²) in [4.78, 5) is 45.5. The molecule has 0 aliphatic carbocycles. The molecular formula is C18H17FN4O4S. The van der Waals surface area contributed by atoms with Gasteiger partial charge in [-0.1, -0.05) is 11.3 Å². The minimum Gasteiger partial charge on any atom is -0.462 e. The van der Waals surface area contributed by atoms with Gasteiger partial charge in [0.2, 0.25) is 5.91 Å². The quantitative estimate of drug-likeness (QED) is 0.655. The summed E-state index contributed by atoms with van der Waals surface area (Å²) in [7, 11) is 0. The highest BCUT2D eigenvalue weighted by molar-refractivity contribution is 7.17. The van der Waals surface area contributed by atoms with Gasteiger partial charge in [-0.25, -0.2) is 19.2 Å². The predicted octanol–water partition coefficient (Wildman–Crippen LogP) is 2.42. The Balaban J connectivity index is 1.83. The molecule has 0 atom stereocenters. The van der Waals surface area contributed by atoms with Crippen molar-refractivity contribution in [3.8, 4) is 0 Å². The molecule has 0 spiro atoms. The Morgan fingerprint density at radius 1 is 1.29 bits per heavy atom. The average Bonchev–Trinajstić information content (AvgIpc) is 3.00. The molecular weight excluding hydrogens is 387 g/mol. The Hall–Kier alpha value is -3.14. The van der Waals surface area contributed by atoms with Crippen LogP contribution in [0.15, 0.2) is 23.0 Å². The predicted molar refractivity (Wildman–Crippen MR) is 102 cm³/mol. The van der Waals surface area contributed by atoms with Gasteiger partial charge in [0.15, 0.2) is 5.13 Å². The van der Waals surface area contributed by atoms with Crippen LogP contribution in [0.4, 0.5) is 9.52 Å². The number of aryl methyl sites for hydroxylation is 2. The van der Waals surface area contributed by atoms with Crippen molar-refractivity contribution in [3.63, 3.8) is 0 Å². The molecule has 28 heavy (non-hydrogen) atoms. The number of fused-ring (bicyclic) bond motifs is 1. The molecule has 2 aromatic heterocycles. The van der Waals surface area contributed by atoms with Gasteiger partial charge in [-0.2, -0.15) is 0 Å². The Morgan fingerprint density at radius 3 is 2.75 bits per heavy atom. The maximum atomic E-state index is 13.5. The second kappa shape index (κ2) is 7.85. The molecule has 2 heterocycles. The van der Waals surface area contributed by atoms with Crippen LogP contribution in [0.5, 0.6) is 0 Å². The third kappa shape index (κ3) is 3.91. The largest absolute Gasteiger partial charge is 0.462 e. The highest BCUT2D eigenvalue weighted by Crippen LogP contribution is 2.23. The first-order valence-corrected chi connectivity index (χ1v) is 9.23. The number of benzene rings is 1. The number of rotatable bonds is 5. The minimum absolute atomic E-state index is 0.0908. The lowest BCUT2D eigenvalue weighted by Crippen LogP contribution is -2.30. The number of halogens is 1. The normalized spacial score (nSPS) is 10.9. The molecule has 3 aromatic rings. The first kappa shape index (κ1) is 19.6. The summed E-state index contributed by atoms with van der Waals surface area (Å²) in [5, 5.41) is 2.87. The Kier molecular flexibility index (Phi) is 5.50. The van der Waals surface area contributed by atoms with Crippen LogP contribution in [0.1, 0.15) is 28.1 Å². The monoisotopic (exact) mass is 404 g/mol. The third-order valence-electron chi connectivity index (χ3n) is 3.91. The van der Waals surface area contributed by atoms with E-state index in [-0.39, 0.29) is 23.7 Å². The second-order valence-electron chi connectivity index (χ2n) is 5.91. The zero-order chi connectivity index (χ0) is 20.4. The molecule has 1 N–H and O–H groups in total. The van der Waals surface area contributed by atoms with Crippen LogP contribution in [0.25, 0.3) is 10.9 Å². The number of nitrogens with zero attached hydrogens (tertiary/aromatic N) is 3. The number of hydrogen-bond donors (Lipinski definition) is 1. The lowest BCUT2D eigenvalue weighted by atomic mass is 10.2. The number of nitrogens with one attached hydrogen (secondary N) is 1. The van der Waals surface area contributed by atoms with Gasteiger partial charge in [0.1, 0.15) is 23.1 Å². The maximum Gasteiger partial charge on any atom is 0.350 e. The van der Waals surface area contributed by atoms with Crippen molar-refractivity contribution in [1.29, 1.82) is 0 Å². The molecule has 0 radical (unpaired) electrons.